The zero-order valence-corrected chi connectivity index (χ0v) is 17.1. The molecule has 1 aliphatic carbocycles. The van der Waals surface area contributed by atoms with Crippen LogP contribution >= 0.6 is 12.4 Å². The number of benzene rings is 1. The molecule has 0 radical (unpaired) electrons. The van der Waals surface area contributed by atoms with E-state index in [1.807, 2.05) is 20.8 Å². The maximum Gasteiger partial charge on any atom is 0.350 e. The molecule has 1 saturated carbocycles. The van der Waals surface area contributed by atoms with E-state index in [1.54, 1.807) is 0 Å². The van der Waals surface area contributed by atoms with E-state index in [0.29, 0.717) is 11.2 Å². The largest absolute Gasteiger partial charge is 0.350 e. The summed E-state index contributed by atoms with van der Waals surface area (Å²) in [7, 11) is 0. The summed E-state index contributed by atoms with van der Waals surface area (Å²) < 4.78 is 17.1. The fourth-order valence-corrected chi connectivity index (χ4v) is 3.08. The third-order valence-electron chi connectivity index (χ3n) is 5.52. The van der Waals surface area contributed by atoms with Gasteiger partial charge < -0.3 is 17.0 Å². The summed E-state index contributed by atoms with van der Waals surface area (Å²) in [4.78, 5) is 24.8. The molecule has 154 valence electrons. The lowest BCUT2D eigenvalue weighted by molar-refractivity contribution is 0.355. The maximum atomic E-state index is 15.4. The van der Waals surface area contributed by atoms with Gasteiger partial charge in [0.1, 0.15) is 0 Å². The van der Waals surface area contributed by atoms with Crippen LogP contribution in [0.3, 0.4) is 0 Å². The molecule has 0 aliphatic heterocycles. The summed E-state index contributed by atoms with van der Waals surface area (Å²) in [6.45, 7) is 5.94. The molecule has 0 amide bonds. The van der Waals surface area contributed by atoms with Crippen molar-refractivity contribution in [2.45, 2.75) is 52.1 Å². The Morgan fingerprint density at radius 3 is 2.50 bits per heavy atom. The van der Waals surface area contributed by atoms with Gasteiger partial charge in [-0.3, -0.25) is 9.36 Å². The Bertz CT molecular complexity index is 1030. The van der Waals surface area contributed by atoms with Crippen LogP contribution in [0.15, 0.2) is 21.7 Å². The Labute approximate surface area is 168 Å². The second-order valence-electron chi connectivity index (χ2n) is 8.24. The van der Waals surface area contributed by atoms with Gasteiger partial charge in [0.05, 0.1) is 10.9 Å². The second kappa shape index (κ2) is 7.67. The van der Waals surface area contributed by atoms with Gasteiger partial charge in [0.2, 0.25) is 0 Å². The van der Waals surface area contributed by atoms with Crippen LogP contribution in [-0.2, 0) is 6.54 Å². The van der Waals surface area contributed by atoms with Crippen molar-refractivity contribution in [1.82, 2.24) is 9.24 Å². The molecule has 1 fully saturated rings. The predicted molar refractivity (Wildman–Crippen MR) is 111 cm³/mol. The fourth-order valence-electron chi connectivity index (χ4n) is 3.08. The molecule has 5 N–H and O–H groups in total. The minimum atomic E-state index is -0.740. The van der Waals surface area contributed by atoms with Crippen LogP contribution in [0, 0.1) is 23.1 Å². The lowest BCUT2D eigenvalue weighted by Crippen LogP contribution is -2.45. The number of fused-ring (bicyclic) bond motifs is 1. The average molecular weight is 412 g/mol. The van der Waals surface area contributed by atoms with Crippen LogP contribution in [0.2, 0.25) is 0 Å². The van der Waals surface area contributed by atoms with Crippen molar-refractivity contribution in [2.75, 3.05) is 5.84 Å². The monoisotopic (exact) mass is 411 g/mol. The Morgan fingerprint density at radius 1 is 1.36 bits per heavy atom. The van der Waals surface area contributed by atoms with Gasteiger partial charge in [-0.2, -0.15) is 4.68 Å². The van der Waals surface area contributed by atoms with Gasteiger partial charge in [-0.15, -0.1) is 12.4 Å². The van der Waals surface area contributed by atoms with E-state index in [1.165, 1.54) is 16.7 Å². The van der Waals surface area contributed by atoms with E-state index in [0.717, 1.165) is 12.8 Å². The first-order valence-electron chi connectivity index (χ1n) is 9.12. The summed E-state index contributed by atoms with van der Waals surface area (Å²) in [6.07, 6.45) is 2.20. The molecule has 7 nitrogen and oxygen atoms in total. The van der Waals surface area contributed by atoms with E-state index >= 15 is 4.39 Å². The van der Waals surface area contributed by atoms with Crippen LogP contribution in [0.4, 0.5) is 4.39 Å². The molecular formula is C19H27ClFN5O2. The molecule has 0 bridgehead atoms. The van der Waals surface area contributed by atoms with E-state index in [9.17, 15) is 9.59 Å². The van der Waals surface area contributed by atoms with E-state index in [2.05, 4.69) is 0 Å². The highest BCUT2D eigenvalue weighted by molar-refractivity contribution is 6.01. The highest BCUT2D eigenvalue weighted by atomic mass is 35.5. The van der Waals surface area contributed by atoms with Crippen molar-refractivity contribution in [2.24, 2.45) is 17.6 Å². The standard InChI is InChI=1S/C19H26FN5O2.ClH/c1-10(19(2,3)22)8-14(21)12-6-7-13-16(15(12)20)24(9-11-4-5-11)18(27)25(23)17(13)26;/h6-7,10-11,21H,4-5,8-9,22-23H2,1-3H3;1H/t10-;/m1./s1. The molecule has 3 rings (SSSR count). The first-order chi connectivity index (χ1) is 12.5. The number of aromatic nitrogens is 2. The minimum Gasteiger partial charge on any atom is -0.332 e. The molecular weight excluding hydrogens is 385 g/mol. The Hall–Kier alpha value is -2.19. The van der Waals surface area contributed by atoms with Crippen molar-refractivity contribution in [1.29, 1.82) is 5.41 Å². The SMILES string of the molecule is C[C@H](CC(=N)c1ccc2c(=O)n(N)c(=O)n(CC3CC3)c2c1F)C(C)(C)N.Cl. The van der Waals surface area contributed by atoms with Gasteiger partial charge in [0.15, 0.2) is 5.82 Å². The van der Waals surface area contributed by atoms with Crippen LogP contribution in [0.25, 0.3) is 10.9 Å². The molecule has 1 heterocycles. The third kappa shape index (κ3) is 3.98. The van der Waals surface area contributed by atoms with Crippen molar-refractivity contribution in [3.8, 4) is 0 Å². The smallest absolute Gasteiger partial charge is 0.332 e. The lowest BCUT2D eigenvalue weighted by Gasteiger charge is -2.27. The Balaban J connectivity index is 0.00000280. The molecule has 0 unspecified atom stereocenters. The Morgan fingerprint density at radius 2 is 1.96 bits per heavy atom. The second-order valence-corrected chi connectivity index (χ2v) is 8.24. The molecule has 9 heteroatoms. The summed E-state index contributed by atoms with van der Waals surface area (Å²) in [6, 6.07) is 2.85. The van der Waals surface area contributed by atoms with Gasteiger partial charge >= 0.3 is 5.69 Å². The van der Waals surface area contributed by atoms with E-state index in [-0.39, 0.29) is 52.8 Å². The predicted octanol–water partition coefficient (Wildman–Crippen LogP) is 1.98. The number of nitrogens with one attached hydrogen (secondary N) is 1. The molecule has 0 saturated heterocycles. The number of nitrogens with zero attached hydrogens (tertiary/aromatic N) is 2. The average Bonchev–Trinajstić information content (AvgIpc) is 3.39. The quantitative estimate of drug-likeness (QED) is 0.497. The number of halogens is 2. The number of hydrogen-bond acceptors (Lipinski definition) is 5. The highest BCUT2D eigenvalue weighted by Crippen LogP contribution is 2.31. The fraction of sp³-hybridized carbons (Fsp3) is 0.526. The molecule has 1 aromatic heterocycles. The summed E-state index contributed by atoms with van der Waals surface area (Å²) in [5, 5.41) is 8.38. The van der Waals surface area contributed by atoms with Crippen molar-refractivity contribution in [3.63, 3.8) is 0 Å². The maximum absolute atomic E-state index is 15.4. The zero-order valence-electron chi connectivity index (χ0n) is 16.3. The lowest BCUT2D eigenvalue weighted by atomic mass is 9.84. The van der Waals surface area contributed by atoms with E-state index in [4.69, 9.17) is 17.0 Å². The van der Waals surface area contributed by atoms with Gasteiger partial charge in [0.25, 0.3) is 5.56 Å². The molecule has 28 heavy (non-hydrogen) atoms. The summed E-state index contributed by atoms with van der Waals surface area (Å²) in [5.41, 5.74) is 4.19. The van der Waals surface area contributed by atoms with Crippen LogP contribution in [0.5, 0.6) is 0 Å². The first-order valence-corrected chi connectivity index (χ1v) is 9.12. The van der Waals surface area contributed by atoms with Gasteiger partial charge in [-0.1, -0.05) is 6.92 Å². The van der Waals surface area contributed by atoms with E-state index < -0.39 is 22.6 Å². The van der Waals surface area contributed by atoms with Crippen molar-refractivity contribution < 1.29 is 4.39 Å². The number of nitrogen functional groups attached to an aromatic ring is 1. The molecule has 2 aromatic rings. The topological polar surface area (TPSA) is 120 Å². The molecule has 1 aliphatic rings. The zero-order chi connectivity index (χ0) is 20.1. The normalized spacial score (nSPS) is 15.3. The number of hydrogen-bond donors (Lipinski definition) is 3. The molecule has 1 aromatic carbocycles. The van der Waals surface area contributed by atoms with Crippen LogP contribution in [0.1, 0.15) is 45.6 Å². The van der Waals surface area contributed by atoms with Gasteiger partial charge in [-0.25, -0.2) is 9.18 Å². The number of rotatable bonds is 6. The van der Waals surface area contributed by atoms with Crippen molar-refractivity contribution in [3.05, 3.63) is 44.4 Å². The van der Waals surface area contributed by atoms with Gasteiger partial charge in [0, 0.05) is 23.4 Å². The minimum absolute atomic E-state index is 0. The van der Waals surface area contributed by atoms with Crippen LogP contribution in [-0.4, -0.2) is 20.5 Å². The number of nitrogens with two attached hydrogens (primary N) is 2. The molecule has 0 spiro atoms. The third-order valence-corrected chi connectivity index (χ3v) is 5.52. The summed E-state index contributed by atoms with van der Waals surface area (Å²) >= 11 is 0. The Kier molecular flexibility index (Phi) is 6.06. The van der Waals surface area contributed by atoms with Crippen LogP contribution < -0.4 is 22.8 Å². The summed E-state index contributed by atoms with van der Waals surface area (Å²) in [5.74, 6) is 5.10. The van der Waals surface area contributed by atoms with Crippen molar-refractivity contribution >= 4 is 29.0 Å². The molecule has 1 atom stereocenters. The first kappa shape index (κ1) is 22.1. The highest BCUT2D eigenvalue weighted by Gasteiger charge is 2.27. The van der Waals surface area contributed by atoms with Gasteiger partial charge in [-0.05, 0) is 57.1 Å².